The number of benzene rings is 6. The predicted molar refractivity (Wildman–Crippen MR) is 187 cm³/mol. The van der Waals surface area contributed by atoms with Gasteiger partial charge in [0.2, 0.25) is 0 Å². The molecule has 0 spiro atoms. The maximum Gasteiger partial charge on any atom is 0.187 e. The summed E-state index contributed by atoms with van der Waals surface area (Å²) >= 11 is 0. The van der Waals surface area contributed by atoms with Crippen molar-refractivity contribution in [3.8, 4) is 57.0 Å². The Labute approximate surface area is 271 Å². The van der Waals surface area contributed by atoms with Gasteiger partial charge in [0.1, 0.15) is 0 Å². The zero-order valence-corrected chi connectivity index (χ0v) is 25.0. The molecule has 0 bridgehead atoms. The first-order valence-corrected chi connectivity index (χ1v) is 15.1. The van der Waals surface area contributed by atoms with Gasteiger partial charge in [-0.1, -0.05) is 109 Å². The molecule has 218 valence electrons. The van der Waals surface area contributed by atoms with E-state index in [0.29, 0.717) is 28.7 Å². The lowest BCUT2D eigenvalue weighted by atomic mass is 10.0. The third-order valence-electron chi connectivity index (χ3n) is 8.31. The summed E-state index contributed by atoms with van der Waals surface area (Å²) in [5, 5.41) is 12.2. The number of nitriles is 1. The van der Waals surface area contributed by atoms with Crippen molar-refractivity contribution in [2.45, 2.75) is 0 Å². The summed E-state index contributed by atoms with van der Waals surface area (Å²) in [5.74, 6) is 1.59. The molecule has 6 nitrogen and oxygen atoms in total. The molecule has 0 atom stereocenters. The van der Waals surface area contributed by atoms with Crippen LogP contribution >= 0.6 is 0 Å². The van der Waals surface area contributed by atoms with E-state index >= 15 is 0 Å². The molecule has 47 heavy (non-hydrogen) atoms. The Bertz CT molecular complexity index is 2460. The molecule has 0 amide bonds. The van der Waals surface area contributed by atoms with Gasteiger partial charge in [0.25, 0.3) is 0 Å². The van der Waals surface area contributed by atoms with Crippen LogP contribution in [0.4, 0.5) is 5.69 Å². The molecule has 0 unspecified atom stereocenters. The van der Waals surface area contributed by atoms with Crippen molar-refractivity contribution < 1.29 is 0 Å². The zero-order valence-electron chi connectivity index (χ0n) is 25.0. The van der Waals surface area contributed by atoms with Crippen molar-refractivity contribution in [1.82, 2.24) is 19.5 Å². The second-order valence-corrected chi connectivity index (χ2v) is 11.1. The van der Waals surface area contributed by atoms with E-state index in [9.17, 15) is 5.26 Å². The highest BCUT2D eigenvalue weighted by atomic mass is 15.1. The average Bonchev–Trinajstić information content (AvgIpc) is 3.48. The Balaban J connectivity index is 1.39. The Morgan fingerprint density at radius 2 is 1.13 bits per heavy atom. The normalized spacial score (nSPS) is 10.9. The maximum atomic E-state index is 9.98. The van der Waals surface area contributed by atoms with Gasteiger partial charge in [0, 0.05) is 27.5 Å². The number of fused-ring (bicyclic) bond motifs is 3. The number of hydrogen-bond acceptors (Lipinski definition) is 4. The van der Waals surface area contributed by atoms with Gasteiger partial charge in [0.15, 0.2) is 23.2 Å². The Kier molecular flexibility index (Phi) is 6.80. The van der Waals surface area contributed by atoms with E-state index in [1.165, 1.54) is 0 Å². The summed E-state index contributed by atoms with van der Waals surface area (Å²) in [6.45, 7) is 7.31. The van der Waals surface area contributed by atoms with Gasteiger partial charge in [-0.25, -0.2) is 19.8 Å². The molecule has 0 saturated heterocycles. The molecular weight excluding hydrogens is 576 g/mol. The van der Waals surface area contributed by atoms with Crippen LogP contribution in [0.25, 0.3) is 77.6 Å². The van der Waals surface area contributed by atoms with Crippen LogP contribution in [0.1, 0.15) is 5.56 Å². The molecule has 0 aliphatic rings. The van der Waals surface area contributed by atoms with Crippen molar-refractivity contribution in [1.29, 1.82) is 5.26 Å². The molecule has 0 N–H and O–H groups in total. The fraction of sp³-hybridized carbons (Fsp3) is 0. The van der Waals surface area contributed by atoms with E-state index in [1.54, 1.807) is 0 Å². The van der Waals surface area contributed by atoms with Gasteiger partial charge in [-0.2, -0.15) is 5.26 Å². The highest BCUT2D eigenvalue weighted by Crippen LogP contribution is 2.38. The first-order chi connectivity index (χ1) is 23.2. The third kappa shape index (κ3) is 4.97. The molecular formula is C41H24N6. The molecule has 0 saturated carbocycles. The van der Waals surface area contributed by atoms with Crippen LogP contribution in [0.5, 0.6) is 0 Å². The van der Waals surface area contributed by atoms with Crippen molar-refractivity contribution in [3.63, 3.8) is 0 Å². The van der Waals surface area contributed by atoms with Gasteiger partial charge in [0.05, 0.1) is 34.9 Å². The van der Waals surface area contributed by atoms with E-state index < -0.39 is 0 Å². The highest BCUT2D eigenvalue weighted by molar-refractivity contribution is 6.11. The van der Waals surface area contributed by atoms with Crippen molar-refractivity contribution in [2.24, 2.45) is 0 Å². The molecule has 8 rings (SSSR count). The Morgan fingerprint density at radius 1 is 0.532 bits per heavy atom. The van der Waals surface area contributed by atoms with E-state index in [4.69, 9.17) is 21.5 Å². The minimum atomic E-state index is 0.479. The number of rotatable bonds is 5. The summed E-state index contributed by atoms with van der Waals surface area (Å²) in [4.78, 5) is 18.4. The number of hydrogen-bond donors (Lipinski definition) is 0. The quantitative estimate of drug-likeness (QED) is 0.184. The van der Waals surface area contributed by atoms with Gasteiger partial charge in [-0.3, -0.25) is 0 Å². The number of aromatic nitrogens is 4. The minimum absolute atomic E-state index is 0.479. The van der Waals surface area contributed by atoms with Crippen LogP contribution < -0.4 is 0 Å². The molecule has 2 aromatic heterocycles. The zero-order chi connectivity index (χ0) is 31.7. The first-order valence-electron chi connectivity index (χ1n) is 15.1. The van der Waals surface area contributed by atoms with Gasteiger partial charge < -0.3 is 4.57 Å². The Hall–Kier alpha value is -6.89. The lowest BCUT2D eigenvalue weighted by Crippen LogP contribution is -2.04. The number of para-hydroxylation sites is 1. The minimum Gasteiger partial charge on any atom is -0.308 e. The SMILES string of the molecule is [C-]#[N+]c1ccc(-c2ccc3c(c2)c2ccccc2n3-c2ccc(C#N)cc2-c2nc(-c3ccccc3)nc(-c3ccccc3)n2)cc1. The van der Waals surface area contributed by atoms with E-state index in [2.05, 4.69) is 45.8 Å². The summed E-state index contributed by atoms with van der Waals surface area (Å²) in [5.41, 5.74) is 8.60. The second kappa shape index (κ2) is 11.6. The third-order valence-corrected chi connectivity index (χ3v) is 8.31. The van der Waals surface area contributed by atoms with E-state index in [1.807, 2.05) is 115 Å². The molecule has 6 heteroatoms. The molecule has 2 heterocycles. The molecule has 8 aromatic rings. The van der Waals surface area contributed by atoms with Crippen molar-refractivity contribution in [3.05, 3.63) is 163 Å². The lowest BCUT2D eigenvalue weighted by molar-refractivity contribution is 1.06. The van der Waals surface area contributed by atoms with Crippen molar-refractivity contribution >= 4 is 27.5 Å². The largest absolute Gasteiger partial charge is 0.308 e. The molecule has 6 aromatic carbocycles. The summed E-state index contributed by atoms with van der Waals surface area (Å²) < 4.78 is 2.22. The monoisotopic (exact) mass is 600 g/mol. The van der Waals surface area contributed by atoms with Crippen LogP contribution in [0.2, 0.25) is 0 Å². The van der Waals surface area contributed by atoms with Gasteiger partial charge >= 0.3 is 0 Å². The van der Waals surface area contributed by atoms with E-state index in [0.717, 1.165) is 55.3 Å². The molecule has 0 aliphatic heterocycles. The maximum absolute atomic E-state index is 9.98. The van der Waals surface area contributed by atoms with Crippen LogP contribution in [0, 0.1) is 17.9 Å². The van der Waals surface area contributed by atoms with Crippen LogP contribution in [0.15, 0.2) is 146 Å². The smallest absolute Gasteiger partial charge is 0.187 e. The molecule has 0 fully saturated rings. The van der Waals surface area contributed by atoms with Gasteiger partial charge in [-0.05, 0) is 47.5 Å². The average molecular weight is 601 g/mol. The van der Waals surface area contributed by atoms with Gasteiger partial charge in [-0.15, -0.1) is 0 Å². The van der Waals surface area contributed by atoms with Crippen LogP contribution in [0.3, 0.4) is 0 Å². The predicted octanol–water partition coefficient (Wildman–Crippen LogP) is 10.1. The van der Waals surface area contributed by atoms with Crippen molar-refractivity contribution in [2.75, 3.05) is 0 Å². The Morgan fingerprint density at radius 3 is 1.79 bits per heavy atom. The second-order valence-electron chi connectivity index (χ2n) is 11.1. The standard InChI is InChI=1S/C41H24N6/c1-43-32-20-17-28(18-21-32)31-19-23-37-34(25-31)33-14-8-9-15-36(33)47(37)38-22-16-27(26-42)24-35(38)41-45-39(29-10-4-2-5-11-29)44-40(46-41)30-12-6-3-7-13-30/h2-25H. The summed E-state index contributed by atoms with van der Waals surface area (Å²) in [6.07, 6.45) is 0. The fourth-order valence-electron chi connectivity index (χ4n) is 6.05. The summed E-state index contributed by atoms with van der Waals surface area (Å²) in [7, 11) is 0. The summed E-state index contributed by atoms with van der Waals surface area (Å²) in [6, 6.07) is 50.2. The first kappa shape index (κ1) is 27.6. The fourth-order valence-corrected chi connectivity index (χ4v) is 6.05. The van der Waals surface area contributed by atoms with E-state index in [-0.39, 0.29) is 0 Å². The molecule has 0 aliphatic carbocycles. The van der Waals surface area contributed by atoms with Crippen LogP contribution in [-0.2, 0) is 0 Å². The van der Waals surface area contributed by atoms with Crippen LogP contribution in [-0.4, -0.2) is 19.5 Å². The lowest BCUT2D eigenvalue weighted by Gasteiger charge is -2.15. The topological polar surface area (TPSA) is 71.8 Å². The number of nitrogens with zero attached hydrogens (tertiary/aromatic N) is 6. The molecule has 0 radical (unpaired) electrons. The highest BCUT2D eigenvalue weighted by Gasteiger charge is 2.20.